The Kier molecular flexibility index (Phi) is 6.95. The summed E-state index contributed by atoms with van der Waals surface area (Å²) in [4.78, 5) is 0. The molecule has 1 saturated carbocycles. The molecule has 1 aliphatic carbocycles. The lowest BCUT2D eigenvalue weighted by atomic mass is 10.0. The highest BCUT2D eigenvalue weighted by atomic mass is 79.9. The van der Waals surface area contributed by atoms with Crippen LogP contribution in [0.3, 0.4) is 0 Å². The van der Waals surface area contributed by atoms with Crippen molar-refractivity contribution in [2.45, 2.75) is 51.4 Å². The lowest BCUT2D eigenvalue weighted by Crippen LogP contribution is -1.85. The van der Waals surface area contributed by atoms with Crippen LogP contribution in [0.15, 0.2) is 0 Å². The molecule has 1 rings (SSSR count). The van der Waals surface area contributed by atoms with Crippen LogP contribution >= 0.6 is 17.0 Å². The maximum absolute atomic E-state index is 1.50. The normalized spacial score (nSPS) is 21.3. The van der Waals surface area contributed by atoms with Crippen molar-refractivity contribution in [3.63, 3.8) is 0 Å². The quantitative estimate of drug-likeness (QED) is 0.550. The van der Waals surface area contributed by atoms with Crippen molar-refractivity contribution >= 4 is 17.0 Å². The summed E-state index contributed by atoms with van der Waals surface area (Å²) in [7, 11) is 0. The highest BCUT2D eigenvalue weighted by molar-refractivity contribution is 8.93. The highest BCUT2D eigenvalue weighted by Crippen LogP contribution is 2.15. The van der Waals surface area contributed by atoms with E-state index in [4.69, 9.17) is 0 Å². The lowest BCUT2D eigenvalue weighted by molar-refractivity contribution is 0.504. The van der Waals surface area contributed by atoms with Gasteiger partial charge < -0.3 is 0 Å². The Balaban J connectivity index is 0.000000640. The van der Waals surface area contributed by atoms with Gasteiger partial charge >= 0.3 is 0 Å². The van der Waals surface area contributed by atoms with Gasteiger partial charge in [0.2, 0.25) is 0 Å². The monoisotopic (exact) mass is 192 g/mol. The van der Waals surface area contributed by atoms with E-state index in [0.717, 1.165) is 0 Å². The Bertz CT molecular complexity index is 28.5. The molecule has 0 radical (unpaired) electrons. The Morgan fingerprint density at radius 1 is 0.333 bits per heavy atom. The van der Waals surface area contributed by atoms with Gasteiger partial charge in [0.1, 0.15) is 0 Å². The summed E-state index contributed by atoms with van der Waals surface area (Å²) in [6.45, 7) is 0. The first-order chi connectivity index (χ1) is 4.00. The molecule has 56 valence electrons. The number of halogens is 1. The first kappa shape index (κ1) is 9.48. The predicted octanol–water partition coefficient (Wildman–Crippen LogP) is 3.70. The molecular formula is C8H17Br. The minimum atomic E-state index is 0. The van der Waals surface area contributed by atoms with Crippen LogP contribution in [0.4, 0.5) is 0 Å². The van der Waals surface area contributed by atoms with Gasteiger partial charge in [0.15, 0.2) is 0 Å². The number of hydrogen-bond acceptors (Lipinski definition) is 0. The summed E-state index contributed by atoms with van der Waals surface area (Å²) >= 11 is 0. The second kappa shape index (κ2) is 6.60. The van der Waals surface area contributed by atoms with Crippen molar-refractivity contribution in [1.82, 2.24) is 0 Å². The van der Waals surface area contributed by atoms with E-state index < -0.39 is 0 Å². The van der Waals surface area contributed by atoms with E-state index in [1.807, 2.05) is 0 Å². The molecule has 1 aliphatic rings. The molecule has 0 saturated heterocycles. The van der Waals surface area contributed by atoms with Crippen LogP contribution in [0.1, 0.15) is 51.4 Å². The second-order valence-corrected chi connectivity index (χ2v) is 2.83. The molecule has 1 fully saturated rings. The van der Waals surface area contributed by atoms with Gasteiger partial charge in [-0.15, -0.1) is 17.0 Å². The molecule has 0 atom stereocenters. The zero-order chi connectivity index (χ0) is 5.66. The van der Waals surface area contributed by atoms with Crippen molar-refractivity contribution in [2.24, 2.45) is 0 Å². The molecule has 0 nitrogen and oxygen atoms in total. The van der Waals surface area contributed by atoms with E-state index in [0.29, 0.717) is 0 Å². The van der Waals surface area contributed by atoms with Crippen LogP contribution in [-0.4, -0.2) is 0 Å². The van der Waals surface area contributed by atoms with Crippen LogP contribution in [0, 0.1) is 0 Å². The van der Waals surface area contributed by atoms with Crippen molar-refractivity contribution < 1.29 is 0 Å². The SMILES string of the molecule is Br.C1CCCCCCC1. The minimum Gasteiger partial charge on any atom is -0.114 e. The predicted molar refractivity (Wildman–Crippen MR) is 47.3 cm³/mol. The molecule has 0 aliphatic heterocycles. The van der Waals surface area contributed by atoms with E-state index >= 15 is 0 Å². The number of rotatable bonds is 0. The molecular weight excluding hydrogens is 176 g/mol. The van der Waals surface area contributed by atoms with E-state index in [1.54, 1.807) is 0 Å². The Morgan fingerprint density at radius 3 is 0.556 bits per heavy atom. The molecule has 0 heterocycles. The van der Waals surface area contributed by atoms with Gasteiger partial charge in [-0.25, -0.2) is 0 Å². The molecule has 1 heteroatoms. The van der Waals surface area contributed by atoms with Crippen molar-refractivity contribution in [2.75, 3.05) is 0 Å². The molecule has 0 aromatic carbocycles. The summed E-state index contributed by atoms with van der Waals surface area (Å²) < 4.78 is 0. The third kappa shape index (κ3) is 4.95. The molecule has 0 spiro atoms. The van der Waals surface area contributed by atoms with Gasteiger partial charge in [-0.2, -0.15) is 0 Å². The average molecular weight is 193 g/mol. The van der Waals surface area contributed by atoms with Gasteiger partial charge in [-0.3, -0.25) is 0 Å². The van der Waals surface area contributed by atoms with Crippen LogP contribution in [0.2, 0.25) is 0 Å². The maximum Gasteiger partial charge on any atom is -0.0533 e. The van der Waals surface area contributed by atoms with Crippen LogP contribution in [0.25, 0.3) is 0 Å². The zero-order valence-corrected chi connectivity index (χ0v) is 7.78. The van der Waals surface area contributed by atoms with Gasteiger partial charge in [0.05, 0.1) is 0 Å². The molecule has 9 heavy (non-hydrogen) atoms. The van der Waals surface area contributed by atoms with Crippen LogP contribution < -0.4 is 0 Å². The Hall–Kier alpha value is 0.480. The molecule has 0 amide bonds. The third-order valence-corrected chi connectivity index (χ3v) is 2.00. The summed E-state index contributed by atoms with van der Waals surface area (Å²) in [6, 6.07) is 0. The van der Waals surface area contributed by atoms with E-state index in [2.05, 4.69) is 0 Å². The largest absolute Gasteiger partial charge is 0.114 e. The van der Waals surface area contributed by atoms with Crippen LogP contribution in [-0.2, 0) is 0 Å². The summed E-state index contributed by atoms with van der Waals surface area (Å²) in [5.41, 5.74) is 0. The average Bonchev–Trinajstić information content (AvgIpc) is 1.62. The second-order valence-electron chi connectivity index (χ2n) is 2.83. The summed E-state index contributed by atoms with van der Waals surface area (Å²) in [6.07, 6.45) is 12.0. The van der Waals surface area contributed by atoms with Gasteiger partial charge in [-0.05, 0) is 0 Å². The fraction of sp³-hybridized carbons (Fsp3) is 1.00. The summed E-state index contributed by atoms with van der Waals surface area (Å²) in [5.74, 6) is 0. The number of hydrogen-bond donors (Lipinski definition) is 0. The smallest absolute Gasteiger partial charge is 0.0533 e. The van der Waals surface area contributed by atoms with Crippen molar-refractivity contribution in [3.8, 4) is 0 Å². The molecule has 0 aromatic rings. The van der Waals surface area contributed by atoms with E-state index in [-0.39, 0.29) is 17.0 Å². The first-order valence-electron chi connectivity index (χ1n) is 4.00. The lowest BCUT2D eigenvalue weighted by Gasteiger charge is -2.05. The molecule has 0 bridgehead atoms. The van der Waals surface area contributed by atoms with Crippen molar-refractivity contribution in [1.29, 1.82) is 0 Å². The fourth-order valence-corrected chi connectivity index (χ4v) is 1.41. The molecule has 0 N–H and O–H groups in total. The standard InChI is InChI=1S/C8H16.BrH/c1-2-4-6-8-7-5-3-1;/h1-8H2;1H. The van der Waals surface area contributed by atoms with Crippen LogP contribution in [0.5, 0.6) is 0 Å². The third-order valence-electron chi connectivity index (χ3n) is 2.00. The van der Waals surface area contributed by atoms with Gasteiger partial charge in [0, 0.05) is 0 Å². The fourth-order valence-electron chi connectivity index (χ4n) is 1.41. The topological polar surface area (TPSA) is 0 Å². The minimum absolute atomic E-state index is 0. The van der Waals surface area contributed by atoms with E-state index in [1.165, 1.54) is 51.4 Å². The maximum atomic E-state index is 1.50. The molecule has 0 aromatic heterocycles. The first-order valence-corrected chi connectivity index (χ1v) is 4.00. The Labute approximate surface area is 68.8 Å². The van der Waals surface area contributed by atoms with Gasteiger partial charge in [0.25, 0.3) is 0 Å². The zero-order valence-electron chi connectivity index (χ0n) is 6.07. The highest BCUT2D eigenvalue weighted by Gasteiger charge is 1.95. The molecule has 0 unspecified atom stereocenters. The Morgan fingerprint density at radius 2 is 0.444 bits per heavy atom. The van der Waals surface area contributed by atoms with Crippen molar-refractivity contribution in [3.05, 3.63) is 0 Å². The van der Waals surface area contributed by atoms with E-state index in [9.17, 15) is 0 Å². The van der Waals surface area contributed by atoms with Gasteiger partial charge in [-0.1, -0.05) is 51.4 Å². The summed E-state index contributed by atoms with van der Waals surface area (Å²) in [5, 5.41) is 0.